The molecule has 42 heavy (non-hydrogen) atoms. The van der Waals surface area contributed by atoms with E-state index in [4.69, 9.17) is 20.7 Å². The molecule has 0 radical (unpaired) electrons. The van der Waals surface area contributed by atoms with Gasteiger partial charge >= 0.3 is 0 Å². The number of hydrogen-bond donors (Lipinski definition) is 6. The Balaban J connectivity index is 0.000000760. The first-order chi connectivity index (χ1) is 20.0. The number of rotatable bonds is 13. The molecule has 0 unspecified atom stereocenters. The molecule has 0 saturated heterocycles. The lowest BCUT2D eigenvalue weighted by Crippen LogP contribution is -2.16. The molecule has 1 heterocycles. The summed E-state index contributed by atoms with van der Waals surface area (Å²) in [5.74, 6) is 0.437. The van der Waals surface area contributed by atoms with E-state index in [0.29, 0.717) is 41.0 Å². The molecule has 13 heteroatoms. The number of amides is 1. The highest BCUT2D eigenvalue weighted by Crippen LogP contribution is 2.28. The van der Waals surface area contributed by atoms with E-state index in [2.05, 4.69) is 68.9 Å². The maximum atomic E-state index is 14.0. The lowest BCUT2D eigenvalue weighted by atomic mass is 10.1. The smallest absolute Gasteiger partial charge is 0.253 e. The molecule has 0 saturated carbocycles. The number of benzene rings is 2. The number of aliphatic hydroxyl groups is 2. The van der Waals surface area contributed by atoms with Crippen molar-refractivity contribution in [2.45, 2.75) is 45.4 Å². The van der Waals surface area contributed by atoms with Crippen LogP contribution in [0.2, 0.25) is 0 Å². The van der Waals surface area contributed by atoms with Crippen LogP contribution >= 0.6 is 27.9 Å². The van der Waals surface area contributed by atoms with Crippen LogP contribution in [0.15, 0.2) is 58.0 Å². The van der Waals surface area contributed by atoms with Crippen molar-refractivity contribution in [3.05, 3.63) is 64.5 Å². The van der Waals surface area contributed by atoms with Crippen LogP contribution < -0.4 is 21.1 Å². The van der Waals surface area contributed by atoms with Gasteiger partial charge in [-0.25, -0.2) is 9.37 Å². The lowest BCUT2D eigenvalue weighted by Gasteiger charge is -2.13. The summed E-state index contributed by atoms with van der Waals surface area (Å²) in [6.07, 6.45) is 4.05. The van der Waals surface area contributed by atoms with Gasteiger partial charge in [0.05, 0.1) is 22.3 Å². The predicted octanol–water partition coefficient (Wildman–Crippen LogP) is 5.81. The highest BCUT2D eigenvalue weighted by Gasteiger charge is 2.16. The highest BCUT2D eigenvalue weighted by molar-refractivity contribution is 9.10. The minimum absolute atomic E-state index is 0.217. The Morgan fingerprint density at radius 3 is 2.24 bits per heavy atom. The van der Waals surface area contributed by atoms with Crippen LogP contribution in [0.3, 0.4) is 0 Å². The summed E-state index contributed by atoms with van der Waals surface area (Å²) in [7, 11) is 0. The molecule has 3 aromatic rings. The first-order valence-corrected chi connectivity index (χ1v) is 14.9. The number of nitrogens with zero attached hydrogens (tertiary/aromatic N) is 2. The second kappa shape index (κ2) is 20.7. The summed E-state index contributed by atoms with van der Waals surface area (Å²) in [4.78, 5) is 30.3. The predicted molar refractivity (Wildman–Crippen MR) is 171 cm³/mol. The maximum Gasteiger partial charge on any atom is 0.253 e. The molecule has 0 spiro atoms. The summed E-state index contributed by atoms with van der Waals surface area (Å²) in [5, 5.41) is 21.8. The second-order valence-electron chi connectivity index (χ2n) is 9.63. The molecule has 0 aliphatic heterocycles. The van der Waals surface area contributed by atoms with E-state index in [-0.39, 0.29) is 17.9 Å². The molecular formula is C29H40BrFN6O4S. The van der Waals surface area contributed by atoms with E-state index < -0.39 is 11.7 Å². The number of anilines is 4. The van der Waals surface area contributed by atoms with Crippen LogP contribution in [0, 0.1) is 17.7 Å². The zero-order valence-electron chi connectivity index (χ0n) is 24.2. The number of aromatic nitrogens is 2. The number of nitrogens with two attached hydrogens (primary N) is 1. The van der Waals surface area contributed by atoms with Gasteiger partial charge in [0.15, 0.2) is 0 Å². The fraction of sp³-hybridized carbons (Fsp3) is 0.379. The molecule has 1 amide bonds. The van der Waals surface area contributed by atoms with Crippen molar-refractivity contribution in [1.82, 2.24) is 14.7 Å². The van der Waals surface area contributed by atoms with Crippen LogP contribution in [-0.2, 0) is 4.79 Å². The van der Waals surface area contributed by atoms with Gasteiger partial charge in [-0.05, 0) is 89.0 Å². The number of carbonyl (C=O) groups is 2. The highest BCUT2D eigenvalue weighted by atomic mass is 79.9. The molecule has 0 atom stereocenters. The van der Waals surface area contributed by atoms with Gasteiger partial charge in [-0.15, -0.1) is 0 Å². The lowest BCUT2D eigenvalue weighted by molar-refractivity contribution is -0.110. The Morgan fingerprint density at radius 1 is 1.07 bits per heavy atom. The number of aliphatic hydroxyl groups excluding tert-OH is 2. The molecule has 0 fully saturated rings. The number of halogens is 2. The second-order valence-corrected chi connectivity index (χ2v) is 11.4. The molecule has 230 valence electrons. The van der Waals surface area contributed by atoms with Gasteiger partial charge in [0.25, 0.3) is 5.91 Å². The van der Waals surface area contributed by atoms with E-state index in [1.165, 1.54) is 12.1 Å². The summed E-state index contributed by atoms with van der Waals surface area (Å²) < 4.78 is 17.9. The van der Waals surface area contributed by atoms with Crippen molar-refractivity contribution in [3.63, 3.8) is 0 Å². The topological polar surface area (TPSA) is 162 Å². The van der Waals surface area contributed by atoms with Gasteiger partial charge < -0.3 is 31.4 Å². The monoisotopic (exact) mass is 666 g/mol. The van der Waals surface area contributed by atoms with E-state index in [1.807, 2.05) is 24.3 Å². The molecule has 1 aromatic heterocycles. The molecule has 0 aliphatic carbocycles. The van der Waals surface area contributed by atoms with Crippen molar-refractivity contribution in [2.24, 2.45) is 17.6 Å². The standard InChI is InChI=1S/C22H24BrFN6OS.C5H12O.C2H4O2/c1-13(2)10-11-27-32-15-8-6-14(7-9-15)28-22-26-12-16(23)21(30-22)29-18-5-3-4-17(24)19(18)20(25)31;1-5(2)3-4-6;3-1-2-4/h3-9,12-13,27H,10-11H2,1-2H3,(H2,25,31)(H2,26,28,29,30);5-6H,3-4H2,1-2H3;1,4H,2H2. The zero-order valence-corrected chi connectivity index (χ0v) is 26.6. The van der Waals surface area contributed by atoms with E-state index >= 15 is 0 Å². The Labute approximate surface area is 259 Å². The molecule has 7 N–H and O–H groups in total. The van der Waals surface area contributed by atoms with Gasteiger partial charge in [0, 0.05) is 29.9 Å². The molecular weight excluding hydrogens is 627 g/mol. The van der Waals surface area contributed by atoms with Crippen molar-refractivity contribution >= 4 is 63.2 Å². The number of aldehydes is 1. The minimum atomic E-state index is -0.870. The summed E-state index contributed by atoms with van der Waals surface area (Å²) >= 11 is 4.96. The average Bonchev–Trinajstić information content (AvgIpc) is 2.94. The Hall–Kier alpha value is -3.10. The van der Waals surface area contributed by atoms with Crippen molar-refractivity contribution in [3.8, 4) is 0 Å². The minimum Gasteiger partial charge on any atom is -0.396 e. The van der Waals surface area contributed by atoms with Gasteiger partial charge in [-0.2, -0.15) is 4.98 Å². The third kappa shape index (κ3) is 14.7. The van der Waals surface area contributed by atoms with Crippen LogP contribution in [0.4, 0.5) is 27.5 Å². The van der Waals surface area contributed by atoms with Gasteiger partial charge in [0.2, 0.25) is 5.95 Å². The largest absolute Gasteiger partial charge is 0.396 e. The number of carbonyl (C=O) groups excluding carboxylic acids is 2. The van der Waals surface area contributed by atoms with E-state index in [1.54, 1.807) is 24.2 Å². The summed E-state index contributed by atoms with van der Waals surface area (Å²) in [5.41, 5.74) is 6.12. The molecule has 10 nitrogen and oxygen atoms in total. The number of hydrogen-bond acceptors (Lipinski definition) is 10. The van der Waals surface area contributed by atoms with Crippen molar-refractivity contribution < 1.29 is 24.2 Å². The number of nitrogens with one attached hydrogen (secondary N) is 3. The Kier molecular flexibility index (Phi) is 18.2. The zero-order chi connectivity index (χ0) is 31.5. The molecule has 0 aliphatic rings. The quantitative estimate of drug-likeness (QED) is 0.0745. The summed E-state index contributed by atoms with van der Waals surface area (Å²) in [6.45, 7) is 9.51. The third-order valence-corrected chi connectivity index (χ3v) is 6.60. The van der Waals surface area contributed by atoms with Crippen LogP contribution in [0.5, 0.6) is 0 Å². The van der Waals surface area contributed by atoms with Crippen LogP contribution in [0.1, 0.15) is 50.9 Å². The van der Waals surface area contributed by atoms with Crippen LogP contribution in [-0.4, -0.2) is 52.1 Å². The molecule has 0 bridgehead atoms. The van der Waals surface area contributed by atoms with E-state index in [9.17, 15) is 9.18 Å². The van der Waals surface area contributed by atoms with Crippen LogP contribution in [0.25, 0.3) is 0 Å². The normalized spacial score (nSPS) is 10.3. The van der Waals surface area contributed by atoms with Gasteiger partial charge in [-0.1, -0.05) is 33.8 Å². The fourth-order valence-electron chi connectivity index (χ4n) is 3.00. The molecule has 3 rings (SSSR count). The van der Waals surface area contributed by atoms with Crippen molar-refractivity contribution in [2.75, 3.05) is 30.4 Å². The van der Waals surface area contributed by atoms with E-state index in [0.717, 1.165) is 30.0 Å². The van der Waals surface area contributed by atoms with Gasteiger partial charge in [-0.3, -0.25) is 9.52 Å². The Bertz CT molecular complexity index is 1240. The molecule has 2 aromatic carbocycles. The maximum absolute atomic E-state index is 14.0. The third-order valence-electron chi connectivity index (χ3n) is 5.16. The van der Waals surface area contributed by atoms with Crippen molar-refractivity contribution in [1.29, 1.82) is 0 Å². The number of primary amides is 1. The SMILES string of the molecule is CC(C)CCNSc1ccc(Nc2ncc(Br)c(Nc3cccc(F)c3C(N)=O)n2)cc1.CC(C)CCO.O=CCO. The van der Waals surface area contributed by atoms with Gasteiger partial charge in [0.1, 0.15) is 17.9 Å². The first kappa shape index (κ1) is 36.9. The summed E-state index contributed by atoms with van der Waals surface area (Å²) in [6, 6.07) is 12.1. The fourth-order valence-corrected chi connectivity index (χ4v) is 3.95. The first-order valence-electron chi connectivity index (χ1n) is 13.3. The Morgan fingerprint density at radius 2 is 1.71 bits per heavy atom. The average molecular weight is 668 g/mol.